The number of carbonyl (C=O) groups excluding carboxylic acids is 4. The molecule has 0 bridgehead atoms. The number of hydrogen-bond acceptors (Lipinski definition) is 8. The number of methoxy groups -OCH3 is 1. The van der Waals surface area contributed by atoms with Gasteiger partial charge in [-0.2, -0.15) is 0 Å². The lowest BCUT2D eigenvalue weighted by Gasteiger charge is -2.56. The van der Waals surface area contributed by atoms with Gasteiger partial charge < -0.3 is 19.7 Å². The second-order valence-corrected chi connectivity index (χ2v) is 25.3. The standard InChI is InChI=1S/C70H114O8/c1-9-11-13-15-17-19-21-23-24-25-27-29-31-33-35-42-65(73)78-48-38-41-61-59(56(6)53-71)43-46-68(7,76)70(61)47-44-60(66(70)74)57-50-58(49-55(5)40-37-39-54(3)4)69(62(51-57)63(72)52-64(77-8)67(69)75)45-36-34-32-30-28-26-22-20-18-16-14-12-10-2/h16,18,39,49-50,52-53,58,60-62,66,74,76H,9-15,17,19-38,40-48,51H2,1-8H3/b18-16-,55-49+,59-56-/t58-,60+,61-,62+,66-,68+,69+,70+/m1/s1. The fourth-order valence-electron chi connectivity index (χ4n) is 14.5. The molecule has 0 aromatic carbocycles. The summed E-state index contributed by atoms with van der Waals surface area (Å²) >= 11 is 0. The van der Waals surface area contributed by atoms with Crippen molar-refractivity contribution in [3.05, 3.63) is 70.1 Å². The van der Waals surface area contributed by atoms with Crippen LogP contribution in [0.4, 0.5) is 0 Å². The molecular formula is C70H114O8. The van der Waals surface area contributed by atoms with Gasteiger partial charge >= 0.3 is 5.97 Å². The summed E-state index contributed by atoms with van der Waals surface area (Å²) in [7, 11) is 1.49. The average Bonchev–Trinajstić information content (AvgIpc) is 3.92. The molecule has 2 saturated carbocycles. The number of carbonyl (C=O) groups is 4. The maximum atomic E-state index is 15.1. The van der Waals surface area contributed by atoms with Crippen molar-refractivity contribution in [2.75, 3.05) is 13.7 Å². The van der Waals surface area contributed by atoms with E-state index >= 15 is 4.79 Å². The Morgan fingerprint density at radius 2 is 1.31 bits per heavy atom. The summed E-state index contributed by atoms with van der Waals surface area (Å²) < 4.78 is 11.6. The number of ether oxygens (including phenoxy) is 2. The summed E-state index contributed by atoms with van der Waals surface area (Å²) in [5, 5.41) is 25.8. The molecule has 0 amide bonds. The number of aldehydes is 1. The van der Waals surface area contributed by atoms with Crippen LogP contribution in [0.2, 0.25) is 0 Å². The van der Waals surface area contributed by atoms with Gasteiger partial charge in [-0.1, -0.05) is 208 Å². The normalized spacial score (nSPS) is 27.0. The summed E-state index contributed by atoms with van der Waals surface area (Å²) in [6, 6.07) is 0. The van der Waals surface area contributed by atoms with Crippen LogP contribution < -0.4 is 0 Å². The van der Waals surface area contributed by atoms with Crippen LogP contribution >= 0.6 is 0 Å². The molecule has 4 aliphatic carbocycles. The number of ketones is 2. The Balaban J connectivity index is 1.47. The van der Waals surface area contributed by atoms with Gasteiger partial charge in [0.2, 0.25) is 5.78 Å². The molecule has 442 valence electrons. The predicted octanol–water partition coefficient (Wildman–Crippen LogP) is 18.2. The zero-order valence-corrected chi connectivity index (χ0v) is 51.1. The van der Waals surface area contributed by atoms with Crippen LogP contribution in [-0.2, 0) is 28.7 Å². The first-order valence-corrected chi connectivity index (χ1v) is 32.4. The van der Waals surface area contributed by atoms with Gasteiger partial charge in [-0.25, -0.2) is 0 Å². The third-order valence-electron chi connectivity index (χ3n) is 19.2. The number of hydrogen-bond donors (Lipinski definition) is 2. The summed E-state index contributed by atoms with van der Waals surface area (Å²) in [6.45, 7) is 14.8. The Labute approximate surface area is 476 Å². The lowest BCUT2D eigenvalue weighted by molar-refractivity contribution is -0.168. The molecule has 0 saturated heterocycles. The van der Waals surface area contributed by atoms with Crippen molar-refractivity contribution >= 4 is 23.8 Å². The van der Waals surface area contributed by atoms with E-state index in [-0.39, 0.29) is 47.7 Å². The highest BCUT2D eigenvalue weighted by molar-refractivity contribution is 6.12. The monoisotopic (exact) mass is 1080 g/mol. The predicted molar refractivity (Wildman–Crippen MR) is 323 cm³/mol. The molecule has 0 radical (unpaired) electrons. The van der Waals surface area contributed by atoms with Crippen molar-refractivity contribution in [2.45, 2.75) is 298 Å². The highest BCUT2D eigenvalue weighted by Gasteiger charge is 2.65. The van der Waals surface area contributed by atoms with Crippen molar-refractivity contribution in [2.24, 2.45) is 34.5 Å². The Morgan fingerprint density at radius 1 is 0.731 bits per heavy atom. The van der Waals surface area contributed by atoms with Crippen LogP contribution in [0.1, 0.15) is 286 Å². The second-order valence-electron chi connectivity index (χ2n) is 25.3. The number of fused-ring (bicyclic) bond motifs is 1. The third kappa shape index (κ3) is 19.7. The van der Waals surface area contributed by atoms with Crippen LogP contribution in [0.5, 0.6) is 0 Å². The zero-order valence-electron chi connectivity index (χ0n) is 51.1. The molecule has 2 fully saturated rings. The molecule has 4 rings (SSSR count). The highest BCUT2D eigenvalue weighted by Crippen LogP contribution is 2.65. The van der Waals surface area contributed by atoms with E-state index in [9.17, 15) is 24.6 Å². The van der Waals surface area contributed by atoms with Crippen molar-refractivity contribution < 1.29 is 38.9 Å². The van der Waals surface area contributed by atoms with Crippen molar-refractivity contribution in [3.63, 3.8) is 0 Å². The largest absolute Gasteiger partial charge is 0.493 e. The van der Waals surface area contributed by atoms with Crippen molar-refractivity contribution in [1.29, 1.82) is 0 Å². The minimum Gasteiger partial charge on any atom is -0.493 e. The quantitative estimate of drug-likeness (QED) is 0.0204. The SMILES string of the molecule is CCCC/C=C\CCCCCCCCC[C@@]12C(=O)C(OC)=CC(=O)[C@@H]1CC([C@@H]1CC[C@]3([C@H](CCCOC(=O)CCCCCCCCCCCCCCCCC)/C(=C(/C)C=O)CC[C@]3(C)O)[C@@H]1O)=C[C@H]2/C=C(\C)CCC=C(C)C. The smallest absolute Gasteiger partial charge is 0.305 e. The van der Waals surface area contributed by atoms with Gasteiger partial charge in [-0.15, -0.1) is 0 Å². The van der Waals surface area contributed by atoms with E-state index in [0.29, 0.717) is 63.4 Å². The number of rotatable bonds is 40. The minimum absolute atomic E-state index is 0.0907. The second kappa shape index (κ2) is 36.2. The summed E-state index contributed by atoms with van der Waals surface area (Å²) in [5.41, 5.74) is 1.79. The number of Topliss-reactive ketones (excluding diaryl/α,β-unsaturated/α-hetero) is 1. The van der Waals surface area contributed by atoms with Crippen LogP contribution in [-0.4, -0.2) is 59.5 Å². The van der Waals surface area contributed by atoms with E-state index in [2.05, 4.69) is 65.0 Å². The number of unbranched alkanes of at least 4 members (excludes halogenated alkanes) is 23. The molecule has 2 N–H and O–H groups in total. The minimum atomic E-state index is -1.25. The van der Waals surface area contributed by atoms with E-state index in [0.717, 1.165) is 87.2 Å². The molecule has 8 nitrogen and oxygen atoms in total. The van der Waals surface area contributed by atoms with E-state index in [1.807, 2.05) is 13.8 Å². The molecule has 8 heteroatoms. The topological polar surface area (TPSA) is 127 Å². The summed E-state index contributed by atoms with van der Waals surface area (Å²) in [4.78, 5) is 55.2. The maximum absolute atomic E-state index is 15.1. The molecule has 0 aliphatic heterocycles. The number of allylic oxidation sites excluding steroid dienone is 11. The first-order chi connectivity index (χ1) is 37.6. The first-order valence-electron chi connectivity index (χ1n) is 32.4. The van der Waals surface area contributed by atoms with Crippen LogP contribution in [0.25, 0.3) is 0 Å². The fourth-order valence-corrected chi connectivity index (χ4v) is 14.5. The van der Waals surface area contributed by atoms with E-state index in [1.54, 1.807) is 0 Å². The number of aliphatic hydroxyl groups is 2. The van der Waals surface area contributed by atoms with Gasteiger partial charge in [0.15, 0.2) is 11.5 Å². The lowest BCUT2D eigenvalue weighted by atomic mass is 9.51. The lowest BCUT2D eigenvalue weighted by Crippen LogP contribution is -2.59. The molecule has 0 heterocycles. The summed E-state index contributed by atoms with van der Waals surface area (Å²) in [6.07, 6.45) is 50.6. The molecule has 4 aliphatic rings. The Morgan fingerprint density at radius 3 is 1.90 bits per heavy atom. The third-order valence-corrected chi connectivity index (χ3v) is 19.2. The Hall–Kier alpha value is -3.36. The highest BCUT2D eigenvalue weighted by atomic mass is 16.5. The first kappa shape index (κ1) is 67.1. The van der Waals surface area contributed by atoms with Gasteiger partial charge in [0, 0.05) is 35.7 Å². The molecule has 0 unspecified atom stereocenters. The number of aliphatic hydroxyl groups excluding tert-OH is 1. The van der Waals surface area contributed by atoms with Crippen LogP contribution in [0, 0.1) is 34.5 Å². The van der Waals surface area contributed by atoms with Crippen molar-refractivity contribution in [1.82, 2.24) is 0 Å². The van der Waals surface area contributed by atoms with Gasteiger partial charge in [0.05, 0.1) is 30.8 Å². The molecular weight excluding hydrogens is 969 g/mol. The van der Waals surface area contributed by atoms with Crippen molar-refractivity contribution in [3.8, 4) is 0 Å². The van der Waals surface area contributed by atoms with Crippen LogP contribution in [0.3, 0.4) is 0 Å². The van der Waals surface area contributed by atoms with Gasteiger partial charge in [0.25, 0.3) is 0 Å². The molecule has 0 aromatic rings. The van der Waals surface area contributed by atoms with Crippen LogP contribution in [0.15, 0.2) is 70.1 Å². The maximum Gasteiger partial charge on any atom is 0.305 e. The van der Waals surface area contributed by atoms with E-state index in [1.165, 1.54) is 134 Å². The Bertz CT molecular complexity index is 2010. The Kier molecular flexibility index (Phi) is 31.1. The fraction of sp³-hybridized carbons (Fsp3) is 0.771. The average molecular weight is 1080 g/mol. The van der Waals surface area contributed by atoms with E-state index in [4.69, 9.17) is 9.47 Å². The molecule has 8 atom stereocenters. The summed E-state index contributed by atoms with van der Waals surface area (Å²) in [5.74, 6) is -1.89. The van der Waals surface area contributed by atoms with Gasteiger partial charge in [-0.05, 0) is 136 Å². The molecule has 1 spiro atoms. The van der Waals surface area contributed by atoms with Gasteiger partial charge in [0.1, 0.15) is 6.29 Å². The molecule has 0 aromatic heterocycles. The zero-order chi connectivity index (χ0) is 56.8. The van der Waals surface area contributed by atoms with E-state index < -0.39 is 28.5 Å². The van der Waals surface area contributed by atoms with Gasteiger partial charge in [-0.3, -0.25) is 19.2 Å². The number of esters is 1. The molecule has 78 heavy (non-hydrogen) atoms.